The molecule has 0 heterocycles. The van der Waals surface area contributed by atoms with Gasteiger partial charge in [0.1, 0.15) is 5.76 Å². The molecule has 5 nitrogen and oxygen atoms in total. The van der Waals surface area contributed by atoms with Crippen LogP contribution in [-0.2, 0) is 16.0 Å². The summed E-state index contributed by atoms with van der Waals surface area (Å²) < 4.78 is 0. The van der Waals surface area contributed by atoms with E-state index in [1.807, 2.05) is 24.3 Å². The van der Waals surface area contributed by atoms with Crippen LogP contribution in [0.5, 0.6) is 0 Å². The molecule has 0 fully saturated rings. The van der Waals surface area contributed by atoms with Crippen molar-refractivity contribution in [3.8, 4) is 0 Å². The summed E-state index contributed by atoms with van der Waals surface area (Å²) in [6.45, 7) is 0.518. The molecule has 5 heteroatoms. The summed E-state index contributed by atoms with van der Waals surface area (Å²) in [4.78, 5) is 27.9. The van der Waals surface area contributed by atoms with Gasteiger partial charge in [-0.3, -0.25) is 14.6 Å². The number of carboxylic acid groups (broad SMARTS) is 1. The molecule has 2 aromatic carbocycles. The molecule has 0 saturated carbocycles. The predicted molar refractivity (Wildman–Crippen MR) is 115 cm³/mol. The number of Topliss-reactive ketones (excluding diaryl/α,β-unsaturated/α-hetero) is 1. The van der Waals surface area contributed by atoms with Gasteiger partial charge in [0, 0.05) is 32.2 Å². The highest BCUT2D eigenvalue weighted by atomic mass is 16.4. The number of allylic oxidation sites excluding steroid dienone is 2. The number of aliphatic carboxylic acids is 1. The Morgan fingerprint density at radius 2 is 1.79 bits per heavy atom. The Labute approximate surface area is 170 Å². The number of carbonyl (C=O) groups excluding carboxylic acids is 1. The fourth-order valence-electron chi connectivity index (χ4n) is 3.78. The van der Waals surface area contributed by atoms with E-state index < -0.39 is 5.97 Å². The first-order chi connectivity index (χ1) is 14.1. The zero-order valence-corrected chi connectivity index (χ0v) is 16.6. The van der Waals surface area contributed by atoms with Gasteiger partial charge in [0.15, 0.2) is 5.78 Å². The molecule has 1 aliphatic rings. The first-order valence-electron chi connectivity index (χ1n) is 10.2. The number of aliphatic hydroxyl groups excluding tert-OH is 1. The van der Waals surface area contributed by atoms with E-state index in [9.17, 15) is 14.7 Å². The summed E-state index contributed by atoms with van der Waals surface area (Å²) in [6, 6.07) is 14.2. The number of rotatable bonds is 9. The summed E-state index contributed by atoms with van der Waals surface area (Å²) in [5.74, 6) is -0.683. The van der Waals surface area contributed by atoms with Crippen molar-refractivity contribution in [1.82, 2.24) is 0 Å². The highest BCUT2D eigenvalue weighted by Crippen LogP contribution is 2.25. The molecule has 29 heavy (non-hydrogen) atoms. The van der Waals surface area contributed by atoms with Crippen molar-refractivity contribution in [2.45, 2.75) is 51.4 Å². The Morgan fingerprint density at radius 3 is 2.59 bits per heavy atom. The molecule has 0 radical (unpaired) electrons. The molecule has 0 aliphatic heterocycles. The van der Waals surface area contributed by atoms with Gasteiger partial charge in [0.2, 0.25) is 0 Å². The van der Waals surface area contributed by atoms with E-state index in [0.717, 1.165) is 29.2 Å². The second-order valence-corrected chi connectivity index (χ2v) is 7.45. The van der Waals surface area contributed by atoms with Crippen LogP contribution in [0.25, 0.3) is 10.8 Å². The van der Waals surface area contributed by atoms with Crippen molar-refractivity contribution in [3.63, 3.8) is 0 Å². The number of carboxylic acids is 1. The zero-order valence-electron chi connectivity index (χ0n) is 16.6. The van der Waals surface area contributed by atoms with Crippen molar-refractivity contribution in [3.05, 3.63) is 59.4 Å². The fraction of sp³-hybridized carbons (Fsp3) is 0.375. The highest BCUT2D eigenvalue weighted by Gasteiger charge is 2.25. The van der Waals surface area contributed by atoms with Gasteiger partial charge in [0.25, 0.3) is 0 Å². The van der Waals surface area contributed by atoms with Crippen LogP contribution >= 0.6 is 0 Å². The molecular formula is C24H27NO4. The van der Waals surface area contributed by atoms with E-state index in [1.54, 1.807) is 0 Å². The van der Waals surface area contributed by atoms with Crippen molar-refractivity contribution >= 4 is 28.2 Å². The second kappa shape index (κ2) is 10.0. The molecule has 0 atom stereocenters. The Bertz CT molecular complexity index is 953. The molecule has 2 aromatic rings. The van der Waals surface area contributed by atoms with E-state index in [0.29, 0.717) is 49.9 Å². The predicted octanol–water partition coefficient (Wildman–Crippen LogP) is 5.03. The van der Waals surface area contributed by atoms with Crippen LogP contribution in [0.15, 0.2) is 58.8 Å². The average molecular weight is 393 g/mol. The number of aliphatic imine (C=N–C) groups is 1. The number of aliphatic hydroxyl groups is 1. The van der Waals surface area contributed by atoms with Crippen LogP contribution < -0.4 is 0 Å². The van der Waals surface area contributed by atoms with E-state index in [1.165, 1.54) is 0 Å². The first-order valence-corrected chi connectivity index (χ1v) is 10.2. The van der Waals surface area contributed by atoms with Crippen molar-refractivity contribution in [2.75, 3.05) is 6.54 Å². The van der Waals surface area contributed by atoms with Gasteiger partial charge in [-0.1, -0.05) is 48.9 Å². The third-order valence-corrected chi connectivity index (χ3v) is 5.26. The third-order valence-electron chi connectivity index (χ3n) is 5.26. The molecule has 1 aliphatic carbocycles. The largest absolute Gasteiger partial charge is 0.511 e. The minimum Gasteiger partial charge on any atom is -0.511 e. The average Bonchev–Trinajstić information content (AvgIpc) is 2.70. The summed E-state index contributed by atoms with van der Waals surface area (Å²) >= 11 is 0. The number of nitrogens with zero attached hydrogens (tertiary/aromatic N) is 1. The number of hydrogen-bond donors (Lipinski definition) is 2. The minimum absolute atomic E-state index is 0.0430. The molecule has 0 spiro atoms. The SMILES string of the molecule is O=C(O)CCCCCN=C(Cc1cccc2ccccc12)C1=C(O)CCCC1=O. The topological polar surface area (TPSA) is 87.0 Å². The minimum atomic E-state index is -0.784. The Hall–Kier alpha value is -2.95. The van der Waals surface area contributed by atoms with Crippen LogP contribution in [0.1, 0.15) is 50.5 Å². The molecule has 3 rings (SSSR count). The van der Waals surface area contributed by atoms with Crippen LogP contribution in [-0.4, -0.2) is 34.2 Å². The lowest BCUT2D eigenvalue weighted by molar-refractivity contribution is -0.137. The molecule has 152 valence electrons. The van der Waals surface area contributed by atoms with Gasteiger partial charge in [0.05, 0.1) is 11.3 Å². The fourth-order valence-corrected chi connectivity index (χ4v) is 3.78. The van der Waals surface area contributed by atoms with Crippen LogP contribution in [0.4, 0.5) is 0 Å². The Morgan fingerprint density at radius 1 is 1.00 bits per heavy atom. The lowest BCUT2D eigenvalue weighted by Gasteiger charge is -2.18. The maximum absolute atomic E-state index is 12.5. The summed E-state index contributed by atoms with van der Waals surface area (Å²) in [5.41, 5.74) is 2.10. The van der Waals surface area contributed by atoms with Gasteiger partial charge in [-0.15, -0.1) is 0 Å². The summed E-state index contributed by atoms with van der Waals surface area (Å²) in [5, 5.41) is 21.4. The summed E-state index contributed by atoms with van der Waals surface area (Å²) in [7, 11) is 0. The summed E-state index contributed by atoms with van der Waals surface area (Å²) in [6.07, 6.45) is 4.42. The number of ketones is 1. The van der Waals surface area contributed by atoms with E-state index >= 15 is 0 Å². The smallest absolute Gasteiger partial charge is 0.303 e. The lowest BCUT2D eigenvalue weighted by atomic mass is 9.89. The third kappa shape index (κ3) is 5.53. The highest BCUT2D eigenvalue weighted by molar-refractivity contribution is 6.24. The standard InChI is InChI=1S/C24H27NO4/c26-21-12-7-13-22(27)24(21)20(25-15-5-1-2-14-23(28)29)16-18-10-6-9-17-8-3-4-11-19(17)18/h3-4,6,8-11,26H,1-2,5,7,12-16H2,(H,28,29). The van der Waals surface area contributed by atoms with Crippen molar-refractivity contribution in [2.24, 2.45) is 4.99 Å². The molecule has 0 unspecified atom stereocenters. The quantitative estimate of drug-likeness (QED) is 0.462. The molecule has 2 N–H and O–H groups in total. The van der Waals surface area contributed by atoms with Gasteiger partial charge in [-0.05, 0) is 35.6 Å². The van der Waals surface area contributed by atoms with Crippen LogP contribution in [0, 0.1) is 0 Å². The first kappa shape index (κ1) is 20.8. The van der Waals surface area contributed by atoms with E-state index in [2.05, 4.69) is 18.2 Å². The number of hydrogen-bond acceptors (Lipinski definition) is 4. The van der Waals surface area contributed by atoms with Gasteiger partial charge in [-0.25, -0.2) is 0 Å². The van der Waals surface area contributed by atoms with Gasteiger partial charge in [-0.2, -0.15) is 0 Å². The molecule has 0 saturated heterocycles. The van der Waals surface area contributed by atoms with Crippen molar-refractivity contribution < 1.29 is 19.8 Å². The Balaban J connectivity index is 1.83. The van der Waals surface area contributed by atoms with Crippen LogP contribution in [0.3, 0.4) is 0 Å². The Kier molecular flexibility index (Phi) is 7.17. The number of carbonyl (C=O) groups is 2. The normalized spacial score (nSPS) is 15.2. The van der Waals surface area contributed by atoms with Gasteiger partial charge < -0.3 is 10.2 Å². The molecule has 0 bridgehead atoms. The second-order valence-electron chi connectivity index (χ2n) is 7.45. The zero-order chi connectivity index (χ0) is 20.6. The molecule has 0 aromatic heterocycles. The maximum Gasteiger partial charge on any atom is 0.303 e. The van der Waals surface area contributed by atoms with Crippen molar-refractivity contribution in [1.29, 1.82) is 0 Å². The van der Waals surface area contributed by atoms with Gasteiger partial charge >= 0.3 is 5.97 Å². The maximum atomic E-state index is 12.5. The lowest BCUT2D eigenvalue weighted by Crippen LogP contribution is -2.21. The van der Waals surface area contributed by atoms with E-state index in [4.69, 9.17) is 10.1 Å². The molecular weight excluding hydrogens is 366 g/mol. The van der Waals surface area contributed by atoms with Crippen LogP contribution in [0.2, 0.25) is 0 Å². The number of unbranched alkanes of at least 4 members (excludes halogenated alkanes) is 2. The number of fused-ring (bicyclic) bond motifs is 1. The monoisotopic (exact) mass is 393 g/mol. The van der Waals surface area contributed by atoms with E-state index in [-0.39, 0.29) is 18.0 Å². The number of benzene rings is 2. The molecule has 0 amide bonds.